The number of aromatic nitrogens is 1. The number of ether oxygens (including phenoxy) is 2. The minimum Gasteiger partial charge on any atom is -0.500 e. The summed E-state index contributed by atoms with van der Waals surface area (Å²) in [6.07, 6.45) is 1.04. The third-order valence-corrected chi connectivity index (χ3v) is 3.77. The van der Waals surface area contributed by atoms with Crippen LogP contribution < -0.4 is 0 Å². The minimum atomic E-state index is -0.817. The Labute approximate surface area is 143 Å². The zero-order chi connectivity index (χ0) is 16.9. The molecule has 5 nitrogen and oxygen atoms in total. The van der Waals surface area contributed by atoms with E-state index in [1.165, 1.54) is 6.92 Å². The summed E-state index contributed by atoms with van der Waals surface area (Å²) in [5.41, 5.74) is -0.0694. The van der Waals surface area contributed by atoms with Gasteiger partial charge in [-0.05, 0) is 20.8 Å². The third kappa shape index (κ3) is 4.12. The van der Waals surface area contributed by atoms with Gasteiger partial charge in [0.2, 0.25) is 5.78 Å². The normalized spacial score (nSPS) is 11.3. The van der Waals surface area contributed by atoms with E-state index in [2.05, 4.69) is 4.98 Å². The fraction of sp³-hybridized carbons (Fsp3) is 0.357. The first-order chi connectivity index (χ1) is 10.3. The van der Waals surface area contributed by atoms with Crippen molar-refractivity contribution in [3.05, 3.63) is 38.3 Å². The second-order valence-electron chi connectivity index (χ2n) is 4.03. The number of nitrogens with zero attached hydrogens (tertiary/aromatic N) is 1. The number of rotatable bonds is 6. The Morgan fingerprint density at radius 1 is 1.14 bits per heavy atom. The summed E-state index contributed by atoms with van der Waals surface area (Å²) in [4.78, 5) is 28.5. The van der Waals surface area contributed by atoms with Gasteiger partial charge in [0.05, 0.1) is 34.5 Å². The number of hydrogen-bond donors (Lipinski definition) is 0. The predicted octanol–water partition coefficient (Wildman–Crippen LogP) is 4.02. The first kappa shape index (κ1) is 18.7. The number of halogens is 3. The standard InChI is InChI=1S/C14H14Cl3NO4/c1-4-21-6-8(14(20)22-5-2)12(19)9-7(3)18-13(17)11(16)10(9)15/h6H,4-5H2,1-3H3/b8-6-. The van der Waals surface area contributed by atoms with Crippen molar-refractivity contribution in [1.82, 2.24) is 4.98 Å². The van der Waals surface area contributed by atoms with Gasteiger partial charge < -0.3 is 9.47 Å². The van der Waals surface area contributed by atoms with Crippen LogP contribution in [0.1, 0.15) is 29.9 Å². The summed E-state index contributed by atoms with van der Waals surface area (Å²) in [6, 6.07) is 0. The highest BCUT2D eigenvalue weighted by molar-refractivity contribution is 6.49. The quantitative estimate of drug-likeness (QED) is 0.145. The number of carbonyl (C=O) groups is 2. The maximum atomic E-state index is 12.6. The minimum absolute atomic E-state index is 0.0185. The van der Waals surface area contributed by atoms with Crippen molar-refractivity contribution in [2.24, 2.45) is 0 Å². The lowest BCUT2D eigenvalue weighted by atomic mass is 10.0. The lowest BCUT2D eigenvalue weighted by Crippen LogP contribution is -2.18. The molecule has 0 aliphatic rings. The van der Waals surface area contributed by atoms with E-state index in [9.17, 15) is 9.59 Å². The van der Waals surface area contributed by atoms with Gasteiger partial charge in [0.15, 0.2) is 0 Å². The third-order valence-electron chi connectivity index (χ3n) is 2.56. The lowest BCUT2D eigenvalue weighted by molar-refractivity contribution is -0.138. The summed E-state index contributed by atoms with van der Waals surface area (Å²) >= 11 is 17.8. The van der Waals surface area contributed by atoms with Crippen LogP contribution in [0.5, 0.6) is 0 Å². The van der Waals surface area contributed by atoms with Gasteiger partial charge in [-0.2, -0.15) is 0 Å². The molecule has 0 aromatic carbocycles. The fourth-order valence-corrected chi connectivity index (χ4v) is 2.30. The van der Waals surface area contributed by atoms with Crippen molar-refractivity contribution in [3.63, 3.8) is 0 Å². The van der Waals surface area contributed by atoms with Crippen LogP contribution in [0, 0.1) is 6.92 Å². The molecule has 0 N–H and O–H groups in total. The van der Waals surface area contributed by atoms with Crippen molar-refractivity contribution < 1.29 is 19.1 Å². The van der Waals surface area contributed by atoms with Gasteiger partial charge in [-0.15, -0.1) is 0 Å². The summed E-state index contributed by atoms with van der Waals surface area (Å²) in [6.45, 7) is 5.26. The number of hydrogen-bond acceptors (Lipinski definition) is 5. The zero-order valence-corrected chi connectivity index (χ0v) is 14.5. The molecule has 0 radical (unpaired) electrons. The second-order valence-corrected chi connectivity index (χ2v) is 5.14. The van der Waals surface area contributed by atoms with E-state index in [0.29, 0.717) is 0 Å². The SMILES string of the molecule is CCO/C=C(\C(=O)OCC)C(=O)c1c(C)nc(Cl)c(Cl)c1Cl. The molecule has 0 aliphatic heterocycles. The Morgan fingerprint density at radius 2 is 1.77 bits per heavy atom. The van der Waals surface area contributed by atoms with Gasteiger partial charge in [-0.3, -0.25) is 4.79 Å². The molecule has 1 aromatic heterocycles. The van der Waals surface area contributed by atoms with Gasteiger partial charge in [0.1, 0.15) is 17.0 Å². The molecule has 0 saturated carbocycles. The number of pyridine rings is 1. The molecule has 0 amide bonds. The molecule has 0 bridgehead atoms. The van der Waals surface area contributed by atoms with Gasteiger partial charge in [0, 0.05) is 0 Å². The van der Waals surface area contributed by atoms with Gasteiger partial charge in [0.25, 0.3) is 0 Å². The predicted molar refractivity (Wildman–Crippen MR) is 84.7 cm³/mol. The summed E-state index contributed by atoms with van der Waals surface area (Å²) < 4.78 is 9.88. The smallest absolute Gasteiger partial charge is 0.345 e. The molecule has 0 aliphatic carbocycles. The summed E-state index contributed by atoms with van der Waals surface area (Å²) in [5, 5.41) is -0.153. The Balaban J connectivity index is 3.37. The molecule has 1 rings (SSSR count). The van der Waals surface area contributed by atoms with Crippen LogP contribution in [0.25, 0.3) is 0 Å². The van der Waals surface area contributed by atoms with Crippen LogP contribution in [-0.4, -0.2) is 30.0 Å². The van der Waals surface area contributed by atoms with E-state index in [1.807, 2.05) is 0 Å². The number of esters is 1. The maximum absolute atomic E-state index is 12.6. The molecule has 0 spiro atoms. The largest absolute Gasteiger partial charge is 0.500 e. The topological polar surface area (TPSA) is 65.5 Å². The van der Waals surface area contributed by atoms with Gasteiger partial charge in [-0.25, -0.2) is 9.78 Å². The first-order valence-electron chi connectivity index (χ1n) is 6.39. The zero-order valence-electron chi connectivity index (χ0n) is 12.2. The molecule has 0 fully saturated rings. The lowest BCUT2D eigenvalue weighted by Gasteiger charge is -2.11. The van der Waals surface area contributed by atoms with E-state index in [-0.39, 0.29) is 45.2 Å². The van der Waals surface area contributed by atoms with E-state index >= 15 is 0 Å². The van der Waals surface area contributed by atoms with E-state index in [0.717, 1.165) is 6.26 Å². The molecule has 1 heterocycles. The van der Waals surface area contributed by atoms with Crippen molar-refractivity contribution in [3.8, 4) is 0 Å². The molecule has 0 saturated heterocycles. The monoisotopic (exact) mass is 365 g/mol. The number of ketones is 1. The second kappa shape index (κ2) is 8.36. The van der Waals surface area contributed by atoms with Crippen LogP contribution in [0.4, 0.5) is 0 Å². The molecular weight excluding hydrogens is 353 g/mol. The van der Waals surface area contributed by atoms with E-state index in [4.69, 9.17) is 44.3 Å². The molecule has 22 heavy (non-hydrogen) atoms. The van der Waals surface area contributed by atoms with Crippen molar-refractivity contribution in [2.75, 3.05) is 13.2 Å². The fourth-order valence-electron chi connectivity index (χ4n) is 1.58. The molecular formula is C14H14Cl3NO4. The van der Waals surface area contributed by atoms with Crippen LogP contribution in [0.15, 0.2) is 11.8 Å². The van der Waals surface area contributed by atoms with Crippen molar-refractivity contribution in [1.29, 1.82) is 0 Å². The molecule has 0 unspecified atom stereocenters. The Hall–Kier alpha value is -1.30. The van der Waals surface area contributed by atoms with Crippen LogP contribution in [0.3, 0.4) is 0 Å². The number of carbonyl (C=O) groups excluding carboxylic acids is 2. The summed E-state index contributed by atoms with van der Waals surface area (Å²) in [7, 11) is 0. The highest BCUT2D eigenvalue weighted by atomic mass is 35.5. The average Bonchev–Trinajstić information content (AvgIpc) is 2.45. The average molecular weight is 367 g/mol. The maximum Gasteiger partial charge on any atom is 0.345 e. The number of Topliss-reactive ketones (excluding diaryl/α,β-unsaturated/α-hetero) is 1. The van der Waals surface area contributed by atoms with Crippen LogP contribution in [0.2, 0.25) is 15.2 Å². The Morgan fingerprint density at radius 3 is 2.32 bits per heavy atom. The Kier molecular flexibility index (Phi) is 7.13. The summed E-state index contributed by atoms with van der Waals surface area (Å²) in [5.74, 6) is -1.51. The highest BCUT2D eigenvalue weighted by Crippen LogP contribution is 2.34. The van der Waals surface area contributed by atoms with E-state index in [1.54, 1.807) is 13.8 Å². The van der Waals surface area contributed by atoms with E-state index < -0.39 is 11.8 Å². The highest BCUT2D eigenvalue weighted by Gasteiger charge is 2.28. The molecule has 120 valence electrons. The molecule has 8 heteroatoms. The molecule has 1 aromatic rings. The molecule has 0 atom stereocenters. The van der Waals surface area contributed by atoms with Crippen molar-refractivity contribution in [2.45, 2.75) is 20.8 Å². The first-order valence-corrected chi connectivity index (χ1v) is 7.53. The van der Waals surface area contributed by atoms with Crippen LogP contribution in [-0.2, 0) is 14.3 Å². The van der Waals surface area contributed by atoms with Gasteiger partial charge in [-0.1, -0.05) is 34.8 Å². The Bertz CT molecular complexity index is 629. The van der Waals surface area contributed by atoms with Gasteiger partial charge >= 0.3 is 5.97 Å². The number of aryl methyl sites for hydroxylation is 1. The van der Waals surface area contributed by atoms with Crippen molar-refractivity contribution >= 4 is 46.6 Å². The van der Waals surface area contributed by atoms with Crippen LogP contribution >= 0.6 is 34.8 Å².